The molecule has 120 valence electrons. The normalized spacial score (nSPS) is 12.0. The summed E-state index contributed by atoms with van der Waals surface area (Å²) in [6, 6.07) is 4.75. The summed E-state index contributed by atoms with van der Waals surface area (Å²) in [6.45, 7) is 1.28. The number of ether oxygens (including phenoxy) is 2. The summed E-state index contributed by atoms with van der Waals surface area (Å²) in [6.07, 6.45) is 0. The van der Waals surface area contributed by atoms with Crippen molar-refractivity contribution in [3.8, 4) is 0 Å². The predicted octanol–water partition coefficient (Wildman–Crippen LogP) is 1.08. The average molecular weight is 337 g/mol. The maximum Gasteiger partial charge on any atom is 0.244 e. The number of hydrogen-bond donors (Lipinski definition) is 1. The summed E-state index contributed by atoms with van der Waals surface area (Å²) in [5.74, 6) is 0. The molecule has 0 bridgehead atoms. The molecule has 0 aliphatic rings. The lowest BCUT2D eigenvalue weighted by Crippen LogP contribution is -2.36. The van der Waals surface area contributed by atoms with E-state index in [1.54, 1.807) is 12.1 Å². The summed E-state index contributed by atoms with van der Waals surface area (Å²) in [4.78, 5) is 0.0549. The summed E-state index contributed by atoms with van der Waals surface area (Å²) in [5, 5.41) is 0.173. The fraction of sp³-hybridized carbons (Fsp3) is 0.538. The first-order valence-electron chi connectivity index (χ1n) is 6.44. The molecule has 0 spiro atoms. The Hall–Kier alpha value is -0.700. The first kappa shape index (κ1) is 18.3. The summed E-state index contributed by atoms with van der Waals surface area (Å²) < 4.78 is 36.7. The lowest BCUT2D eigenvalue weighted by atomic mass is 10.2. The minimum absolute atomic E-state index is 0.0549. The van der Waals surface area contributed by atoms with Gasteiger partial charge in [0.15, 0.2) is 0 Å². The Labute approximate surface area is 130 Å². The molecule has 21 heavy (non-hydrogen) atoms. The zero-order valence-electron chi connectivity index (χ0n) is 12.2. The summed E-state index contributed by atoms with van der Waals surface area (Å²) >= 11 is 6.04. The molecule has 0 unspecified atom stereocenters. The van der Waals surface area contributed by atoms with Crippen LogP contribution in [0.5, 0.6) is 0 Å². The van der Waals surface area contributed by atoms with Crippen LogP contribution in [0.1, 0.15) is 5.56 Å². The van der Waals surface area contributed by atoms with Crippen molar-refractivity contribution in [2.75, 3.05) is 40.5 Å². The number of hydrogen-bond acceptors (Lipinski definition) is 5. The lowest BCUT2D eigenvalue weighted by Gasteiger charge is -2.22. The minimum atomic E-state index is -3.72. The molecule has 1 aromatic rings. The van der Waals surface area contributed by atoms with E-state index in [9.17, 15) is 8.42 Å². The Morgan fingerprint density at radius 2 is 1.76 bits per heavy atom. The zero-order chi connectivity index (χ0) is 15.9. The van der Waals surface area contributed by atoms with E-state index >= 15 is 0 Å². The third-order valence-electron chi connectivity index (χ3n) is 2.94. The molecule has 0 radical (unpaired) electrons. The number of methoxy groups -OCH3 is 2. The van der Waals surface area contributed by atoms with Crippen LogP contribution in [0, 0.1) is 0 Å². The third kappa shape index (κ3) is 4.91. The van der Waals surface area contributed by atoms with Crippen molar-refractivity contribution in [3.05, 3.63) is 28.8 Å². The van der Waals surface area contributed by atoms with Crippen LogP contribution in [-0.2, 0) is 26.0 Å². The van der Waals surface area contributed by atoms with Gasteiger partial charge in [-0.1, -0.05) is 17.7 Å². The van der Waals surface area contributed by atoms with Gasteiger partial charge in [0, 0.05) is 33.9 Å². The van der Waals surface area contributed by atoms with Crippen molar-refractivity contribution < 1.29 is 17.9 Å². The second-order valence-electron chi connectivity index (χ2n) is 4.36. The summed E-state index contributed by atoms with van der Waals surface area (Å²) in [5.41, 5.74) is 6.26. The van der Waals surface area contributed by atoms with E-state index < -0.39 is 10.0 Å². The van der Waals surface area contributed by atoms with Crippen molar-refractivity contribution in [3.63, 3.8) is 0 Å². The van der Waals surface area contributed by atoms with Crippen LogP contribution in [0.15, 0.2) is 23.1 Å². The van der Waals surface area contributed by atoms with E-state index in [1.165, 1.54) is 24.6 Å². The highest BCUT2D eigenvalue weighted by Gasteiger charge is 2.26. The van der Waals surface area contributed by atoms with Gasteiger partial charge in [0.25, 0.3) is 0 Å². The van der Waals surface area contributed by atoms with Crippen LogP contribution >= 0.6 is 11.6 Å². The average Bonchev–Trinajstić information content (AvgIpc) is 2.47. The standard InChI is InChI=1S/C13H21ClN2O4S/c1-19-7-5-16(6-8-20-2)21(17,18)13-9-11(10-15)3-4-12(13)14/h3-4,9H,5-8,10,15H2,1-2H3. The van der Waals surface area contributed by atoms with Crippen LogP contribution in [0.3, 0.4) is 0 Å². The van der Waals surface area contributed by atoms with Crippen molar-refractivity contribution >= 4 is 21.6 Å². The van der Waals surface area contributed by atoms with E-state index in [2.05, 4.69) is 0 Å². The lowest BCUT2D eigenvalue weighted by molar-refractivity contribution is 0.150. The second kappa shape index (κ2) is 8.67. The van der Waals surface area contributed by atoms with Gasteiger partial charge in [-0.05, 0) is 17.7 Å². The topological polar surface area (TPSA) is 81.9 Å². The van der Waals surface area contributed by atoms with Gasteiger partial charge in [-0.2, -0.15) is 4.31 Å². The van der Waals surface area contributed by atoms with E-state index in [0.29, 0.717) is 5.56 Å². The van der Waals surface area contributed by atoms with Gasteiger partial charge in [-0.3, -0.25) is 0 Å². The highest BCUT2D eigenvalue weighted by Crippen LogP contribution is 2.25. The quantitative estimate of drug-likeness (QED) is 0.729. The molecule has 2 N–H and O–H groups in total. The molecule has 0 fully saturated rings. The van der Waals surface area contributed by atoms with Gasteiger partial charge in [0.2, 0.25) is 10.0 Å². The Bertz CT molecular complexity index is 543. The molecule has 0 heterocycles. The first-order chi connectivity index (χ1) is 9.97. The Morgan fingerprint density at radius 1 is 1.19 bits per heavy atom. The monoisotopic (exact) mass is 336 g/mol. The summed E-state index contributed by atoms with van der Waals surface area (Å²) in [7, 11) is -0.689. The van der Waals surface area contributed by atoms with Gasteiger partial charge in [0.05, 0.1) is 18.2 Å². The Kier molecular flexibility index (Phi) is 7.58. The molecular weight excluding hydrogens is 316 g/mol. The SMILES string of the molecule is COCCN(CCOC)S(=O)(=O)c1cc(CN)ccc1Cl. The van der Waals surface area contributed by atoms with Crippen LogP contribution in [0.2, 0.25) is 5.02 Å². The third-order valence-corrected chi connectivity index (χ3v) is 5.32. The van der Waals surface area contributed by atoms with Gasteiger partial charge >= 0.3 is 0 Å². The van der Waals surface area contributed by atoms with Gasteiger partial charge < -0.3 is 15.2 Å². The van der Waals surface area contributed by atoms with Crippen LogP contribution in [-0.4, -0.2) is 53.2 Å². The van der Waals surface area contributed by atoms with E-state index in [4.69, 9.17) is 26.8 Å². The molecule has 0 amide bonds. The number of halogens is 1. The maximum atomic E-state index is 12.7. The number of sulfonamides is 1. The van der Waals surface area contributed by atoms with Crippen molar-refractivity contribution in [2.45, 2.75) is 11.4 Å². The second-order valence-corrected chi connectivity index (χ2v) is 6.67. The molecule has 0 saturated heterocycles. The molecule has 1 aromatic carbocycles. The fourth-order valence-corrected chi connectivity index (χ4v) is 3.68. The zero-order valence-corrected chi connectivity index (χ0v) is 13.8. The van der Waals surface area contributed by atoms with Crippen LogP contribution in [0.4, 0.5) is 0 Å². The smallest absolute Gasteiger partial charge is 0.244 e. The van der Waals surface area contributed by atoms with Crippen molar-refractivity contribution in [1.82, 2.24) is 4.31 Å². The van der Waals surface area contributed by atoms with E-state index in [-0.39, 0.29) is 42.8 Å². The highest BCUT2D eigenvalue weighted by atomic mass is 35.5. The molecule has 0 aliphatic carbocycles. The van der Waals surface area contributed by atoms with Crippen molar-refractivity contribution in [2.24, 2.45) is 5.73 Å². The first-order valence-corrected chi connectivity index (χ1v) is 8.25. The highest BCUT2D eigenvalue weighted by molar-refractivity contribution is 7.89. The fourth-order valence-electron chi connectivity index (χ4n) is 1.75. The molecule has 1 rings (SSSR count). The van der Waals surface area contributed by atoms with E-state index in [0.717, 1.165) is 0 Å². The Morgan fingerprint density at radius 3 is 2.24 bits per heavy atom. The van der Waals surface area contributed by atoms with Gasteiger partial charge in [0.1, 0.15) is 4.90 Å². The number of benzene rings is 1. The number of nitrogens with zero attached hydrogens (tertiary/aromatic N) is 1. The molecule has 0 aliphatic heterocycles. The maximum absolute atomic E-state index is 12.7. The molecular formula is C13H21ClN2O4S. The van der Waals surface area contributed by atoms with Gasteiger partial charge in [-0.15, -0.1) is 0 Å². The molecule has 0 saturated carbocycles. The largest absolute Gasteiger partial charge is 0.383 e. The molecule has 0 atom stereocenters. The van der Waals surface area contributed by atoms with Gasteiger partial charge in [-0.25, -0.2) is 8.42 Å². The van der Waals surface area contributed by atoms with Crippen molar-refractivity contribution in [1.29, 1.82) is 0 Å². The number of rotatable bonds is 9. The Balaban J connectivity index is 3.14. The minimum Gasteiger partial charge on any atom is -0.383 e. The predicted molar refractivity (Wildman–Crippen MR) is 81.9 cm³/mol. The van der Waals surface area contributed by atoms with E-state index in [1.807, 2.05) is 0 Å². The molecule has 8 heteroatoms. The number of nitrogens with two attached hydrogens (primary N) is 1. The van der Waals surface area contributed by atoms with Crippen LogP contribution in [0.25, 0.3) is 0 Å². The molecule has 0 aromatic heterocycles. The molecule has 6 nitrogen and oxygen atoms in total. The van der Waals surface area contributed by atoms with Crippen LogP contribution < -0.4 is 5.73 Å².